The van der Waals surface area contributed by atoms with Gasteiger partial charge in [0.1, 0.15) is 0 Å². The molecule has 0 radical (unpaired) electrons. The number of hydrogen-bond acceptors (Lipinski definition) is 5. The first kappa shape index (κ1) is 20.3. The van der Waals surface area contributed by atoms with Gasteiger partial charge in [-0.15, -0.1) is 0 Å². The lowest BCUT2D eigenvalue weighted by Gasteiger charge is -2.05. The van der Waals surface area contributed by atoms with Crippen LogP contribution in [0.2, 0.25) is 0 Å². The molecule has 0 atom stereocenters. The summed E-state index contributed by atoms with van der Waals surface area (Å²) in [5.74, 6) is -2.82. The molecule has 3 aromatic carbocycles. The standard InChI is InChI=1S/C24H16N2O4S/c27-21(23(29)30)18-10-12-19(13-11-18)25-24-26-22(28)20(31-24)14-15-6-8-17(9-7-15)16-4-2-1-3-5-16/h1-14H,(H,29,30)(H,25,26,28). The molecule has 0 fully saturated rings. The van der Waals surface area contributed by atoms with Gasteiger partial charge in [-0.25, -0.2) is 4.79 Å². The van der Waals surface area contributed by atoms with Crippen molar-refractivity contribution >= 4 is 46.4 Å². The van der Waals surface area contributed by atoms with Crippen LogP contribution in [0.25, 0.3) is 17.2 Å². The Morgan fingerprint density at radius 1 is 0.871 bits per heavy atom. The molecule has 4 rings (SSSR count). The highest BCUT2D eigenvalue weighted by atomic mass is 32.2. The summed E-state index contributed by atoms with van der Waals surface area (Å²) in [4.78, 5) is 39.0. The largest absolute Gasteiger partial charge is 0.475 e. The van der Waals surface area contributed by atoms with Crippen LogP contribution in [0, 0.1) is 0 Å². The van der Waals surface area contributed by atoms with Crippen LogP contribution in [-0.2, 0) is 9.59 Å². The van der Waals surface area contributed by atoms with E-state index in [4.69, 9.17) is 5.11 Å². The number of rotatable bonds is 5. The van der Waals surface area contributed by atoms with Crippen LogP contribution in [0.5, 0.6) is 0 Å². The summed E-state index contributed by atoms with van der Waals surface area (Å²) < 4.78 is 0. The molecule has 1 heterocycles. The van der Waals surface area contributed by atoms with Crippen LogP contribution in [0.1, 0.15) is 15.9 Å². The normalized spacial score (nSPS) is 14.4. The Bertz CT molecular complexity index is 1210. The highest BCUT2D eigenvalue weighted by Crippen LogP contribution is 2.30. The fourth-order valence-corrected chi connectivity index (χ4v) is 3.80. The molecule has 0 saturated heterocycles. The first-order chi connectivity index (χ1) is 15.0. The zero-order chi connectivity index (χ0) is 21.8. The lowest BCUT2D eigenvalue weighted by atomic mass is 10.0. The molecule has 0 aliphatic carbocycles. The number of carboxylic acids is 1. The van der Waals surface area contributed by atoms with Gasteiger partial charge in [-0.2, -0.15) is 4.99 Å². The van der Waals surface area contributed by atoms with Crippen LogP contribution < -0.4 is 5.32 Å². The maximum Gasteiger partial charge on any atom is 0.377 e. The number of nitrogens with one attached hydrogen (secondary N) is 1. The minimum atomic E-state index is -1.51. The summed E-state index contributed by atoms with van der Waals surface area (Å²) in [5, 5.41) is 12.2. The number of thioether (sulfide) groups is 1. The zero-order valence-electron chi connectivity index (χ0n) is 16.1. The van der Waals surface area contributed by atoms with Gasteiger partial charge in [0.2, 0.25) is 0 Å². The van der Waals surface area contributed by atoms with E-state index in [1.807, 2.05) is 54.6 Å². The van der Waals surface area contributed by atoms with Crippen LogP contribution in [0.4, 0.5) is 5.69 Å². The molecular formula is C24H16N2O4S. The van der Waals surface area contributed by atoms with Gasteiger partial charge in [-0.3, -0.25) is 9.59 Å². The molecule has 2 N–H and O–H groups in total. The van der Waals surface area contributed by atoms with Gasteiger partial charge in [0.05, 0.1) is 4.91 Å². The number of anilines is 1. The number of carbonyl (C=O) groups excluding carboxylic acids is 2. The van der Waals surface area contributed by atoms with Crippen LogP contribution >= 0.6 is 11.8 Å². The van der Waals surface area contributed by atoms with Gasteiger partial charge >= 0.3 is 5.97 Å². The Labute approximate surface area is 182 Å². The van der Waals surface area contributed by atoms with Crippen molar-refractivity contribution in [3.05, 3.63) is 94.9 Å². The third-order valence-electron chi connectivity index (χ3n) is 4.53. The Balaban J connectivity index is 1.43. The number of aliphatic imine (C=N–C) groups is 1. The molecule has 0 bridgehead atoms. The van der Waals surface area contributed by atoms with Crippen molar-refractivity contribution in [1.29, 1.82) is 0 Å². The smallest absolute Gasteiger partial charge is 0.377 e. The van der Waals surface area contributed by atoms with Crippen molar-refractivity contribution in [2.24, 2.45) is 4.99 Å². The van der Waals surface area contributed by atoms with Crippen molar-refractivity contribution in [3.63, 3.8) is 0 Å². The average molecular weight is 428 g/mol. The first-order valence-electron chi connectivity index (χ1n) is 9.32. The fraction of sp³-hybridized carbons (Fsp3) is 0. The van der Waals surface area contributed by atoms with E-state index in [0.29, 0.717) is 15.8 Å². The third-order valence-corrected chi connectivity index (χ3v) is 5.43. The molecule has 1 aliphatic heterocycles. The van der Waals surface area contributed by atoms with E-state index >= 15 is 0 Å². The molecule has 1 amide bonds. The second-order valence-electron chi connectivity index (χ2n) is 6.66. The van der Waals surface area contributed by atoms with Crippen LogP contribution in [-0.4, -0.2) is 27.9 Å². The van der Waals surface area contributed by atoms with Gasteiger partial charge in [-0.1, -0.05) is 54.6 Å². The quantitative estimate of drug-likeness (QED) is 0.347. The van der Waals surface area contributed by atoms with Crippen LogP contribution in [0.3, 0.4) is 0 Å². The molecular weight excluding hydrogens is 412 g/mol. The molecule has 0 saturated carbocycles. The predicted molar refractivity (Wildman–Crippen MR) is 122 cm³/mol. The van der Waals surface area contributed by atoms with E-state index in [0.717, 1.165) is 16.7 Å². The number of nitrogens with zero attached hydrogens (tertiary/aromatic N) is 1. The second kappa shape index (κ2) is 8.81. The fourth-order valence-electron chi connectivity index (χ4n) is 2.97. The number of aliphatic carboxylic acids is 1. The van der Waals surface area contributed by atoms with E-state index in [2.05, 4.69) is 10.3 Å². The third kappa shape index (κ3) is 4.79. The summed E-state index contributed by atoms with van der Waals surface area (Å²) >= 11 is 1.21. The Hall–Kier alpha value is -3.97. The molecule has 31 heavy (non-hydrogen) atoms. The summed E-state index contributed by atoms with van der Waals surface area (Å²) in [7, 11) is 0. The van der Waals surface area contributed by atoms with Gasteiger partial charge in [0.15, 0.2) is 5.17 Å². The Morgan fingerprint density at radius 2 is 1.52 bits per heavy atom. The van der Waals surface area contributed by atoms with Gasteiger partial charge in [-0.05, 0) is 58.8 Å². The van der Waals surface area contributed by atoms with Crippen molar-refractivity contribution in [2.45, 2.75) is 0 Å². The molecule has 0 unspecified atom stereocenters. The number of ketones is 1. The highest BCUT2D eigenvalue weighted by molar-refractivity contribution is 8.18. The van der Waals surface area contributed by atoms with Crippen molar-refractivity contribution in [1.82, 2.24) is 0 Å². The second-order valence-corrected chi connectivity index (χ2v) is 7.69. The first-order valence-corrected chi connectivity index (χ1v) is 10.1. The van der Waals surface area contributed by atoms with E-state index in [1.54, 1.807) is 18.2 Å². The predicted octanol–water partition coefficient (Wildman–Crippen LogP) is 4.70. The number of Topliss-reactive ketones (excluding diaryl/α,β-unsaturated/α-hetero) is 1. The number of amides is 1. The average Bonchev–Trinajstić information content (AvgIpc) is 3.13. The number of benzene rings is 3. The van der Waals surface area contributed by atoms with Crippen LogP contribution in [0.15, 0.2) is 88.8 Å². The minimum Gasteiger partial charge on any atom is -0.475 e. The Morgan fingerprint density at radius 3 is 2.16 bits per heavy atom. The number of carbonyl (C=O) groups is 3. The molecule has 1 aliphatic rings. The molecule has 152 valence electrons. The van der Waals surface area contributed by atoms with Gasteiger partial charge in [0, 0.05) is 11.3 Å². The molecule has 6 nitrogen and oxygen atoms in total. The summed E-state index contributed by atoms with van der Waals surface area (Å²) in [6, 6.07) is 23.9. The maximum atomic E-state index is 12.3. The number of carboxylic acid groups (broad SMARTS) is 1. The van der Waals surface area contributed by atoms with Gasteiger partial charge < -0.3 is 10.4 Å². The van der Waals surface area contributed by atoms with E-state index in [-0.39, 0.29) is 11.5 Å². The molecule has 7 heteroatoms. The summed E-state index contributed by atoms with van der Waals surface area (Å²) in [5.41, 5.74) is 3.78. The summed E-state index contributed by atoms with van der Waals surface area (Å²) in [6.45, 7) is 0. The topological polar surface area (TPSA) is 95.8 Å². The van der Waals surface area contributed by atoms with E-state index in [9.17, 15) is 14.4 Å². The van der Waals surface area contributed by atoms with Crippen molar-refractivity contribution in [3.8, 4) is 11.1 Å². The monoisotopic (exact) mass is 428 g/mol. The van der Waals surface area contributed by atoms with E-state index in [1.165, 1.54) is 23.9 Å². The highest BCUT2D eigenvalue weighted by Gasteiger charge is 2.22. The Kier molecular flexibility index (Phi) is 5.77. The molecule has 0 aromatic heterocycles. The van der Waals surface area contributed by atoms with Gasteiger partial charge in [0.25, 0.3) is 11.7 Å². The molecule has 0 spiro atoms. The lowest BCUT2D eigenvalue weighted by molar-refractivity contribution is -0.131. The summed E-state index contributed by atoms with van der Waals surface area (Å²) in [6.07, 6.45) is 1.79. The minimum absolute atomic E-state index is 0.0784. The molecule has 3 aromatic rings. The van der Waals surface area contributed by atoms with E-state index < -0.39 is 11.8 Å². The van der Waals surface area contributed by atoms with Crippen molar-refractivity contribution < 1.29 is 19.5 Å². The zero-order valence-corrected chi connectivity index (χ0v) is 16.9. The van der Waals surface area contributed by atoms with Crippen molar-refractivity contribution in [2.75, 3.05) is 5.32 Å². The SMILES string of the molecule is O=C(O)C(=O)c1ccc(NC2=NC(=O)C(=Cc3ccc(-c4ccccc4)cc3)S2)cc1. The lowest BCUT2D eigenvalue weighted by Crippen LogP contribution is -2.12. The maximum absolute atomic E-state index is 12.3. The number of amidine groups is 1. The number of hydrogen-bond donors (Lipinski definition) is 2.